The number of aromatic amines is 2. The second-order valence-corrected chi connectivity index (χ2v) is 4.40. The van der Waals surface area contributed by atoms with Crippen molar-refractivity contribution < 1.29 is 4.74 Å². The highest BCUT2D eigenvalue weighted by molar-refractivity contribution is 7.71. The summed E-state index contributed by atoms with van der Waals surface area (Å²) in [6.07, 6.45) is 6.57. The molecule has 0 aliphatic carbocycles. The van der Waals surface area contributed by atoms with Crippen molar-refractivity contribution in [3.05, 3.63) is 50.4 Å². The maximum absolute atomic E-state index is 11.6. The predicted octanol–water partition coefficient (Wildman–Crippen LogP) is 2.27. The minimum atomic E-state index is -0.517. The van der Waals surface area contributed by atoms with E-state index in [1.54, 1.807) is 30.6 Å². The van der Waals surface area contributed by atoms with E-state index >= 15 is 0 Å². The average molecular weight is 300 g/mol. The molecule has 0 bridgehead atoms. The number of nitriles is 1. The summed E-state index contributed by atoms with van der Waals surface area (Å²) in [4.78, 5) is 20.8. The van der Waals surface area contributed by atoms with Gasteiger partial charge in [-0.3, -0.25) is 14.8 Å². The van der Waals surface area contributed by atoms with Crippen LogP contribution in [0.25, 0.3) is 12.2 Å². The average Bonchev–Trinajstić information content (AvgIpc) is 2.46. The van der Waals surface area contributed by atoms with Gasteiger partial charge < -0.3 is 9.72 Å². The number of hydrogen-bond donors (Lipinski definition) is 2. The lowest BCUT2D eigenvalue weighted by Crippen LogP contribution is -2.13. The number of nitrogens with one attached hydrogen (secondary N) is 2. The molecule has 0 unspecified atom stereocenters. The summed E-state index contributed by atoms with van der Waals surface area (Å²) >= 11 is 4.90. The fourth-order valence-electron chi connectivity index (χ4n) is 1.72. The van der Waals surface area contributed by atoms with Crippen LogP contribution in [0.2, 0.25) is 0 Å². The molecule has 0 spiro atoms. The molecule has 2 aromatic rings. The highest BCUT2D eigenvalue weighted by Gasteiger charge is 2.05. The summed E-state index contributed by atoms with van der Waals surface area (Å²) in [5.74, 6) is 0.672. The van der Waals surface area contributed by atoms with E-state index in [0.717, 1.165) is 5.56 Å². The zero-order chi connectivity index (χ0) is 15.2. The van der Waals surface area contributed by atoms with E-state index in [2.05, 4.69) is 15.0 Å². The van der Waals surface area contributed by atoms with Crippen molar-refractivity contribution >= 4 is 24.4 Å². The van der Waals surface area contributed by atoms with Gasteiger partial charge in [-0.2, -0.15) is 5.26 Å². The van der Waals surface area contributed by atoms with Crippen molar-refractivity contribution in [1.82, 2.24) is 15.0 Å². The van der Waals surface area contributed by atoms with Crippen LogP contribution in [-0.4, -0.2) is 21.6 Å². The van der Waals surface area contributed by atoms with Gasteiger partial charge in [-0.15, -0.1) is 0 Å². The van der Waals surface area contributed by atoms with E-state index in [1.807, 2.05) is 13.0 Å². The van der Waals surface area contributed by atoms with Gasteiger partial charge in [0.05, 0.1) is 12.3 Å². The van der Waals surface area contributed by atoms with Crippen LogP contribution in [0.4, 0.5) is 0 Å². The van der Waals surface area contributed by atoms with Gasteiger partial charge in [0.15, 0.2) is 4.77 Å². The molecule has 0 aliphatic heterocycles. The Morgan fingerprint density at radius 1 is 1.48 bits per heavy atom. The molecule has 0 aromatic carbocycles. The van der Waals surface area contributed by atoms with Crippen LogP contribution in [0.1, 0.15) is 23.7 Å². The largest absolute Gasteiger partial charge is 0.493 e. The Morgan fingerprint density at radius 2 is 2.29 bits per heavy atom. The Kier molecular flexibility index (Phi) is 4.64. The summed E-state index contributed by atoms with van der Waals surface area (Å²) in [5.41, 5.74) is 0.541. The zero-order valence-corrected chi connectivity index (χ0v) is 12.0. The lowest BCUT2D eigenvalue weighted by molar-refractivity contribution is 0.339. The molecule has 21 heavy (non-hydrogen) atoms. The molecule has 0 amide bonds. The lowest BCUT2D eigenvalue weighted by atomic mass is 10.2. The minimum absolute atomic E-state index is 0.0262. The summed E-state index contributed by atoms with van der Waals surface area (Å²) in [5, 5.41) is 9.03. The normalized spacial score (nSPS) is 10.5. The molecule has 0 fully saturated rings. The first-order valence-electron chi connectivity index (χ1n) is 6.17. The number of hydrogen-bond acceptors (Lipinski definition) is 5. The van der Waals surface area contributed by atoms with Crippen LogP contribution < -0.4 is 10.3 Å². The lowest BCUT2D eigenvalue weighted by Gasteiger charge is -2.05. The Bertz CT molecular complexity index is 830. The molecule has 7 heteroatoms. The SMILES string of the molecule is CCOc1ccncc1/C=C/c1[nH]c(=S)[nH]c(=O)c1C#N. The van der Waals surface area contributed by atoms with Gasteiger partial charge in [-0.05, 0) is 37.4 Å². The van der Waals surface area contributed by atoms with Crippen molar-refractivity contribution in [2.45, 2.75) is 6.92 Å². The van der Waals surface area contributed by atoms with Crippen molar-refractivity contribution in [1.29, 1.82) is 5.26 Å². The minimum Gasteiger partial charge on any atom is -0.493 e. The standard InChI is InChI=1S/C14H12N4O2S/c1-2-20-12-5-6-16-8-9(12)3-4-11-10(7-15)13(19)18-14(21)17-11/h3-6,8H,2H2,1H3,(H2,17,18,19,21)/b4-3+. The summed E-state index contributed by atoms with van der Waals surface area (Å²) < 4.78 is 5.64. The molecule has 0 atom stereocenters. The third-order valence-corrected chi connectivity index (χ3v) is 2.83. The molecule has 2 rings (SSSR count). The van der Waals surface area contributed by atoms with Gasteiger partial charge in [0, 0.05) is 18.0 Å². The number of aromatic nitrogens is 3. The number of nitrogens with zero attached hydrogens (tertiary/aromatic N) is 2. The smallest absolute Gasteiger partial charge is 0.270 e. The molecule has 0 aliphatic rings. The maximum atomic E-state index is 11.6. The van der Waals surface area contributed by atoms with Crippen LogP contribution in [0, 0.1) is 16.1 Å². The van der Waals surface area contributed by atoms with E-state index in [4.69, 9.17) is 22.2 Å². The number of H-pyrrole nitrogens is 2. The van der Waals surface area contributed by atoms with Gasteiger partial charge >= 0.3 is 0 Å². The Balaban J connectivity index is 2.46. The van der Waals surface area contributed by atoms with Crippen molar-refractivity contribution in [2.24, 2.45) is 0 Å². The molecular weight excluding hydrogens is 288 g/mol. The van der Waals surface area contributed by atoms with Gasteiger partial charge in [-0.1, -0.05) is 0 Å². The zero-order valence-electron chi connectivity index (χ0n) is 11.2. The molecule has 0 radical (unpaired) electrons. The number of ether oxygens (including phenoxy) is 1. The molecule has 2 N–H and O–H groups in total. The second kappa shape index (κ2) is 6.63. The molecule has 6 nitrogen and oxygen atoms in total. The van der Waals surface area contributed by atoms with E-state index in [0.29, 0.717) is 18.1 Å². The first kappa shape index (κ1) is 14.7. The van der Waals surface area contributed by atoms with E-state index in [-0.39, 0.29) is 10.3 Å². The van der Waals surface area contributed by atoms with Crippen molar-refractivity contribution in [3.63, 3.8) is 0 Å². The van der Waals surface area contributed by atoms with Gasteiger partial charge in [0.1, 0.15) is 17.4 Å². The number of rotatable bonds is 4. The van der Waals surface area contributed by atoms with Gasteiger partial charge in [0.25, 0.3) is 5.56 Å². The Hall–Kier alpha value is -2.72. The number of pyridine rings is 1. The van der Waals surface area contributed by atoms with E-state index in [9.17, 15) is 4.79 Å². The van der Waals surface area contributed by atoms with E-state index < -0.39 is 5.56 Å². The molecule has 2 aromatic heterocycles. The van der Waals surface area contributed by atoms with Crippen LogP contribution in [-0.2, 0) is 0 Å². The second-order valence-electron chi connectivity index (χ2n) is 3.99. The Labute approximate surface area is 125 Å². The molecule has 106 valence electrons. The monoisotopic (exact) mass is 300 g/mol. The van der Waals surface area contributed by atoms with Crippen LogP contribution in [0.15, 0.2) is 23.3 Å². The van der Waals surface area contributed by atoms with Gasteiger partial charge in [0.2, 0.25) is 0 Å². The van der Waals surface area contributed by atoms with Crippen molar-refractivity contribution in [2.75, 3.05) is 6.61 Å². The fourth-order valence-corrected chi connectivity index (χ4v) is 1.92. The summed E-state index contributed by atoms with van der Waals surface area (Å²) in [6.45, 7) is 2.41. The topological polar surface area (TPSA) is 94.6 Å². The van der Waals surface area contributed by atoms with E-state index in [1.165, 1.54) is 0 Å². The molecule has 2 heterocycles. The molecular formula is C14H12N4O2S. The summed E-state index contributed by atoms with van der Waals surface area (Å²) in [7, 11) is 0. The predicted molar refractivity (Wildman–Crippen MR) is 81.3 cm³/mol. The maximum Gasteiger partial charge on any atom is 0.270 e. The highest BCUT2D eigenvalue weighted by atomic mass is 32.1. The quantitative estimate of drug-likeness (QED) is 0.845. The Morgan fingerprint density at radius 3 is 3.00 bits per heavy atom. The van der Waals surface area contributed by atoms with Gasteiger partial charge in [-0.25, -0.2) is 0 Å². The fraction of sp³-hybridized carbons (Fsp3) is 0.143. The third kappa shape index (κ3) is 3.43. The first-order valence-corrected chi connectivity index (χ1v) is 6.58. The molecule has 0 saturated carbocycles. The highest BCUT2D eigenvalue weighted by Crippen LogP contribution is 2.19. The summed E-state index contributed by atoms with van der Waals surface area (Å²) in [6, 6.07) is 3.59. The third-order valence-electron chi connectivity index (χ3n) is 2.62. The first-order chi connectivity index (χ1) is 10.2. The van der Waals surface area contributed by atoms with Crippen LogP contribution >= 0.6 is 12.2 Å². The van der Waals surface area contributed by atoms with Crippen LogP contribution in [0.3, 0.4) is 0 Å². The van der Waals surface area contributed by atoms with Crippen LogP contribution in [0.5, 0.6) is 5.75 Å². The van der Waals surface area contributed by atoms with Crippen molar-refractivity contribution in [3.8, 4) is 11.8 Å². The molecule has 0 saturated heterocycles.